The number of rotatable bonds is 4. The monoisotopic (exact) mass is 320 g/mol. The molecule has 4 heteroatoms. The number of aromatic nitrogens is 2. The van der Waals surface area contributed by atoms with Crippen molar-refractivity contribution in [3.05, 3.63) is 89.0 Å². The SMILES string of the molecule is Cc1nn(-c2ccccc2)c(C)c1C(=O)/C=C/c1ccccc1F. The molecular weight excluding hydrogens is 303 g/mol. The molecule has 1 aromatic heterocycles. The highest BCUT2D eigenvalue weighted by molar-refractivity contribution is 6.08. The molecule has 3 nitrogen and oxygen atoms in total. The first-order valence-corrected chi connectivity index (χ1v) is 7.66. The Hall–Kier alpha value is -3.01. The van der Waals surface area contributed by atoms with E-state index in [1.807, 2.05) is 37.3 Å². The van der Waals surface area contributed by atoms with E-state index >= 15 is 0 Å². The van der Waals surface area contributed by atoms with E-state index in [0.717, 1.165) is 11.4 Å². The van der Waals surface area contributed by atoms with Gasteiger partial charge in [-0.25, -0.2) is 9.07 Å². The average Bonchev–Trinajstić information content (AvgIpc) is 2.89. The normalized spacial score (nSPS) is 11.1. The summed E-state index contributed by atoms with van der Waals surface area (Å²) in [6.45, 7) is 3.66. The Morgan fingerprint density at radius 1 is 1.04 bits per heavy atom. The number of ketones is 1. The summed E-state index contributed by atoms with van der Waals surface area (Å²) < 4.78 is 15.4. The van der Waals surface area contributed by atoms with Gasteiger partial charge in [-0.15, -0.1) is 0 Å². The van der Waals surface area contributed by atoms with Crippen LogP contribution in [0.5, 0.6) is 0 Å². The van der Waals surface area contributed by atoms with Crippen molar-refractivity contribution in [2.24, 2.45) is 0 Å². The quantitative estimate of drug-likeness (QED) is 0.523. The number of benzene rings is 2. The molecule has 0 atom stereocenters. The highest BCUT2D eigenvalue weighted by Crippen LogP contribution is 2.19. The average molecular weight is 320 g/mol. The fourth-order valence-corrected chi connectivity index (χ4v) is 2.68. The molecule has 0 N–H and O–H groups in total. The van der Waals surface area contributed by atoms with Gasteiger partial charge in [-0.1, -0.05) is 36.4 Å². The lowest BCUT2D eigenvalue weighted by Crippen LogP contribution is -2.01. The number of hydrogen-bond donors (Lipinski definition) is 0. The zero-order valence-corrected chi connectivity index (χ0v) is 13.5. The van der Waals surface area contributed by atoms with Gasteiger partial charge in [0, 0.05) is 5.56 Å². The molecule has 0 unspecified atom stereocenters. The maximum absolute atomic E-state index is 13.6. The molecule has 0 amide bonds. The highest BCUT2D eigenvalue weighted by Gasteiger charge is 2.17. The Balaban J connectivity index is 1.94. The summed E-state index contributed by atoms with van der Waals surface area (Å²) in [5.41, 5.74) is 3.25. The van der Waals surface area contributed by atoms with Crippen LogP contribution in [0.25, 0.3) is 11.8 Å². The second kappa shape index (κ2) is 6.62. The molecule has 24 heavy (non-hydrogen) atoms. The van der Waals surface area contributed by atoms with E-state index in [1.54, 1.807) is 29.8 Å². The van der Waals surface area contributed by atoms with Crippen LogP contribution in [-0.4, -0.2) is 15.6 Å². The van der Waals surface area contributed by atoms with Gasteiger partial charge in [0.25, 0.3) is 0 Å². The van der Waals surface area contributed by atoms with Gasteiger partial charge < -0.3 is 0 Å². The van der Waals surface area contributed by atoms with Crippen molar-refractivity contribution in [1.29, 1.82) is 0 Å². The second-order valence-corrected chi connectivity index (χ2v) is 5.51. The Morgan fingerprint density at radius 2 is 1.71 bits per heavy atom. The van der Waals surface area contributed by atoms with E-state index in [0.29, 0.717) is 16.8 Å². The molecule has 0 fully saturated rings. The molecule has 0 saturated carbocycles. The van der Waals surface area contributed by atoms with Crippen LogP contribution >= 0.6 is 0 Å². The Labute approximate surface area is 140 Å². The smallest absolute Gasteiger partial charge is 0.189 e. The third-order valence-corrected chi connectivity index (χ3v) is 3.86. The van der Waals surface area contributed by atoms with Gasteiger partial charge >= 0.3 is 0 Å². The number of allylic oxidation sites excluding steroid dienone is 1. The van der Waals surface area contributed by atoms with Crippen LogP contribution in [0.4, 0.5) is 4.39 Å². The number of halogens is 1. The standard InChI is InChI=1S/C20H17FN2O/c1-14-20(15(2)23(22-14)17-9-4-3-5-10-17)19(24)13-12-16-8-6-7-11-18(16)21/h3-13H,1-2H3/b13-12+. The van der Waals surface area contributed by atoms with Crippen LogP contribution in [0.15, 0.2) is 60.7 Å². The Bertz CT molecular complexity index is 911. The fraction of sp³-hybridized carbons (Fsp3) is 0.100. The van der Waals surface area contributed by atoms with Crippen molar-refractivity contribution < 1.29 is 9.18 Å². The minimum absolute atomic E-state index is 0.185. The molecular formula is C20H17FN2O. The van der Waals surface area contributed by atoms with Gasteiger partial charge in [-0.3, -0.25) is 4.79 Å². The lowest BCUT2D eigenvalue weighted by Gasteiger charge is -2.04. The zero-order valence-electron chi connectivity index (χ0n) is 13.5. The van der Waals surface area contributed by atoms with Gasteiger partial charge in [0.05, 0.1) is 22.6 Å². The minimum Gasteiger partial charge on any atom is -0.289 e. The van der Waals surface area contributed by atoms with Crippen LogP contribution in [0.3, 0.4) is 0 Å². The number of carbonyl (C=O) groups excluding carboxylic acids is 1. The third-order valence-electron chi connectivity index (χ3n) is 3.86. The van der Waals surface area contributed by atoms with Crippen molar-refractivity contribution in [2.45, 2.75) is 13.8 Å². The molecule has 2 aromatic carbocycles. The Morgan fingerprint density at radius 3 is 2.42 bits per heavy atom. The van der Waals surface area contributed by atoms with Crippen LogP contribution in [0, 0.1) is 19.7 Å². The van der Waals surface area contributed by atoms with E-state index in [4.69, 9.17) is 0 Å². The maximum atomic E-state index is 13.6. The van der Waals surface area contributed by atoms with E-state index in [2.05, 4.69) is 5.10 Å². The zero-order chi connectivity index (χ0) is 17.1. The number of nitrogens with zero attached hydrogens (tertiary/aromatic N) is 2. The minimum atomic E-state index is -0.352. The molecule has 0 aliphatic rings. The third kappa shape index (κ3) is 3.04. The molecule has 1 heterocycles. The molecule has 3 aromatic rings. The van der Waals surface area contributed by atoms with E-state index in [9.17, 15) is 9.18 Å². The topological polar surface area (TPSA) is 34.9 Å². The molecule has 120 valence electrons. The van der Waals surface area contributed by atoms with Crippen LogP contribution in [0.1, 0.15) is 27.3 Å². The first-order chi connectivity index (χ1) is 11.6. The van der Waals surface area contributed by atoms with Crippen LogP contribution in [-0.2, 0) is 0 Å². The van der Waals surface area contributed by atoms with Gasteiger partial charge in [-0.05, 0) is 44.2 Å². The first kappa shape index (κ1) is 15.9. The lowest BCUT2D eigenvalue weighted by atomic mass is 10.1. The summed E-state index contributed by atoms with van der Waals surface area (Å²) in [4.78, 5) is 12.6. The summed E-state index contributed by atoms with van der Waals surface area (Å²) in [5, 5.41) is 4.46. The number of para-hydroxylation sites is 1. The molecule has 0 bridgehead atoms. The van der Waals surface area contributed by atoms with E-state index in [1.165, 1.54) is 18.2 Å². The summed E-state index contributed by atoms with van der Waals surface area (Å²) in [6, 6.07) is 16.0. The molecule has 0 radical (unpaired) electrons. The molecule has 0 saturated heterocycles. The lowest BCUT2D eigenvalue weighted by molar-refractivity contribution is 0.104. The molecule has 3 rings (SSSR count). The van der Waals surface area contributed by atoms with Crippen LogP contribution in [0.2, 0.25) is 0 Å². The first-order valence-electron chi connectivity index (χ1n) is 7.66. The maximum Gasteiger partial charge on any atom is 0.189 e. The largest absolute Gasteiger partial charge is 0.289 e. The second-order valence-electron chi connectivity index (χ2n) is 5.51. The van der Waals surface area contributed by atoms with Gasteiger partial charge in [-0.2, -0.15) is 5.10 Å². The highest BCUT2D eigenvalue weighted by atomic mass is 19.1. The number of aryl methyl sites for hydroxylation is 1. The van der Waals surface area contributed by atoms with Crippen molar-refractivity contribution in [2.75, 3.05) is 0 Å². The predicted octanol–water partition coefficient (Wildman–Crippen LogP) is 4.52. The molecule has 0 aliphatic heterocycles. The van der Waals surface area contributed by atoms with Crippen molar-refractivity contribution in [3.63, 3.8) is 0 Å². The van der Waals surface area contributed by atoms with Crippen molar-refractivity contribution in [1.82, 2.24) is 9.78 Å². The fourth-order valence-electron chi connectivity index (χ4n) is 2.68. The van der Waals surface area contributed by atoms with E-state index in [-0.39, 0.29) is 11.6 Å². The van der Waals surface area contributed by atoms with Crippen molar-refractivity contribution >= 4 is 11.9 Å². The van der Waals surface area contributed by atoms with Crippen molar-refractivity contribution in [3.8, 4) is 5.69 Å². The predicted molar refractivity (Wildman–Crippen MR) is 92.8 cm³/mol. The summed E-state index contributed by atoms with van der Waals surface area (Å²) >= 11 is 0. The Kier molecular flexibility index (Phi) is 4.38. The van der Waals surface area contributed by atoms with Gasteiger partial charge in [0.2, 0.25) is 0 Å². The number of carbonyl (C=O) groups is 1. The van der Waals surface area contributed by atoms with Gasteiger partial charge in [0.1, 0.15) is 5.82 Å². The number of hydrogen-bond acceptors (Lipinski definition) is 2. The summed E-state index contributed by atoms with van der Waals surface area (Å²) in [7, 11) is 0. The molecule has 0 spiro atoms. The summed E-state index contributed by atoms with van der Waals surface area (Å²) in [6.07, 6.45) is 2.89. The summed E-state index contributed by atoms with van der Waals surface area (Å²) in [5.74, 6) is -0.537. The van der Waals surface area contributed by atoms with Gasteiger partial charge in [0.15, 0.2) is 5.78 Å². The van der Waals surface area contributed by atoms with E-state index < -0.39 is 0 Å². The van der Waals surface area contributed by atoms with Crippen LogP contribution < -0.4 is 0 Å². The molecule has 0 aliphatic carbocycles.